The van der Waals surface area contributed by atoms with E-state index in [-0.39, 0.29) is 11.9 Å². The number of hydrogen-bond acceptors (Lipinski definition) is 3. The maximum absolute atomic E-state index is 12.7. The number of rotatable bonds is 7. The molecule has 0 radical (unpaired) electrons. The van der Waals surface area contributed by atoms with Gasteiger partial charge in [-0.05, 0) is 43.9 Å². The Morgan fingerprint density at radius 2 is 2.19 bits per heavy atom. The Labute approximate surface area is 127 Å². The van der Waals surface area contributed by atoms with Crippen LogP contribution in [0.4, 0.5) is 5.69 Å². The van der Waals surface area contributed by atoms with Gasteiger partial charge >= 0.3 is 0 Å². The van der Waals surface area contributed by atoms with Crippen LogP contribution in [0.1, 0.15) is 31.7 Å². The van der Waals surface area contributed by atoms with Crippen LogP contribution in [-0.4, -0.2) is 38.8 Å². The van der Waals surface area contributed by atoms with Crippen LogP contribution in [0.25, 0.3) is 0 Å². The van der Waals surface area contributed by atoms with Crippen molar-refractivity contribution in [3.63, 3.8) is 0 Å². The molecule has 1 aromatic rings. The first kappa shape index (κ1) is 16.0. The molecule has 1 fully saturated rings. The van der Waals surface area contributed by atoms with E-state index in [1.54, 1.807) is 7.11 Å². The van der Waals surface area contributed by atoms with Crippen molar-refractivity contribution in [3.05, 3.63) is 29.8 Å². The molecule has 1 aliphatic heterocycles. The fourth-order valence-electron chi connectivity index (χ4n) is 2.82. The smallest absolute Gasteiger partial charge is 0.244 e. The summed E-state index contributed by atoms with van der Waals surface area (Å²) >= 11 is 0. The number of piperidine rings is 1. The molecule has 1 aliphatic rings. The van der Waals surface area contributed by atoms with Gasteiger partial charge in [0, 0.05) is 19.3 Å². The maximum Gasteiger partial charge on any atom is 0.244 e. The van der Waals surface area contributed by atoms with Gasteiger partial charge in [0.2, 0.25) is 5.91 Å². The summed E-state index contributed by atoms with van der Waals surface area (Å²) in [4.78, 5) is 14.6. The first-order valence-electron chi connectivity index (χ1n) is 7.89. The van der Waals surface area contributed by atoms with E-state index in [1.807, 2.05) is 23.1 Å². The third-order valence-electron chi connectivity index (χ3n) is 3.94. The summed E-state index contributed by atoms with van der Waals surface area (Å²) < 4.78 is 5.17. The van der Waals surface area contributed by atoms with Crippen molar-refractivity contribution in [1.29, 1.82) is 0 Å². The van der Waals surface area contributed by atoms with Gasteiger partial charge in [-0.25, -0.2) is 0 Å². The molecular weight excluding hydrogens is 264 g/mol. The van der Waals surface area contributed by atoms with E-state index in [0.717, 1.165) is 44.5 Å². The van der Waals surface area contributed by atoms with Gasteiger partial charge in [0.15, 0.2) is 0 Å². The van der Waals surface area contributed by atoms with E-state index in [0.29, 0.717) is 6.61 Å². The van der Waals surface area contributed by atoms with E-state index in [4.69, 9.17) is 4.74 Å². The van der Waals surface area contributed by atoms with Crippen LogP contribution in [0.5, 0.6) is 0 Å². The van der Waals surface area contributed by atoms with Gasteiger partial charge in [0.25, 0.3) is 0 Å². The number of anilines is 1. The number of ether oxygens (including phenoxy) is 1. The molecule has 1 heterocycles. The number of amides is 1. The Kier molecular flexibility index (Phi) is 6.21. The third-order valence-corrected chi connectivity index (χ3v) is 3.94. The van der Waals surface area contributed by atoms with Crippen molar-refractivity contribution in [2.24, 2.45) is 0 Å². The number of hydrogen-bond donors (Lipinski definition) is 1. The average molecular weight is 290 g/mol. The van der Waals surface area contributed by atoms with Crippen LogP contribution in [0.15, 0.2) is 24.3 Å². The highest BCUT2D eigenvalue weighted by Crippen LogP contribution is 2.25. The second-order valence-electron chi connectivity index (χ2n) is 5.51. The Bertz CT molecular complexity index is 462. The number of methoxy groups -OCH3 is 1. The van der Waals surface area contributed by atoms with Gasteiger partial charge in [-0.3, -0.25) is 4.79 Å². The topological polar surface area (TPSA) is 41.6 Å². The molecule has 0 bridgehead atoms. The average Bonchev–Trinajstić information content (AvgIpc) is 2.52. The van der Waals surface area contributed by atoms with Gasteiger partial charge in [-0.2, -0.15) is 0 Å². The van der Waals surface area contributed by atoms with Crippen molar-refractivity contribution < 1.29 is 9.53 Å². The van der Waals surface area contributed by atoms with Gasteiger partial charge in [-0.15, -0.1) is 0 Å². The summed E-state index contributed by atoms with van der Waals surface area (Å²) in [7, 11) is 1.71. The van der Waals surface area contributed by atoms with Gasteiger partial charge in [-0.1, -0.05) is 25.1 Å². The lowest BCUT2D eigenvalue weighted by atomic mass is 10.0. The standard InChI is InChI=1S/C17H26N2O2/c1-3-11-18-15-8-6-12-19(17(15)20)16-9-5-4-7-14(16)10-13-21-2/h4-5,7,9,15,18H,3,6,8,10-13H2,1-2H3. The number of para-hydroxylation sites is 1. The first-order chi connectivity index (χ1) is 10.3. The minimum Gasteiger partial charge on any atom is -0.384 e. The lowest BCUT2D eigenvalue weighted by Crippen LogP contribution is -2.51. The summed E-state index contributed by atoms with van der Waals surface area (Å²) in [5.41, 5.74) is 2.23. The van der Waals surface area contributed by atoms with Crippen molar-refractivity contribution in [3.8, 4) is 0 Å². The molecule has 1 amide bonds. The van der Waals surface area contributed by atoms with E-state index >= 15 is 0 Å². The lowest BCUT2D eigenvalue weighted by molar-refractivity contribution is -0.121. The zero-order valence-electron chi connectivity index (χ0n) is 13.1. The molecule has 4 heteroatoms. The number of carbonyl (C=O) groups is 1. The summed E-state index contributed by atoms with van der Waals surface area (Å²) in [5, 5.41) is 3.37. The van der Waals surface area contributed by atoms with Gasteiger partial charge in [0.1, 0.15) is 0 Å². The largest absolute Gasteiger partial charge is 0.384 e. The highest BCUT2D eigenvalue weighted by atomic mass is 16.5. The molecule has 0 spiro atoms. The molecule has 1 N–H and O–H groups in total. The van der Waals surface area contributed by atoms with Crippen molar-refractivity contribution in [2.45, 2.75) is 38.6 Å². The molecular formula is C17H26N2O2. The number of nitrogens with one attached hydrogen (secondary N) is 1. The highest BCUT2D eigenvalue weighted by molar-refractivity contribution is 5.98. The predicted octanol–water partition coefficient (Wildman–Crippen LogP) is 2.37. The lowest BCUT2D eigenvalue weighted by Gasteiger charge is -2.34. The summed E-state index contributed by atoms with van der Waals surface area (Å²) in [6.45, 7) is 4.51. The third kappa shape index (κ3) is 4.05. The van der Waals surface area contributed by atoms with Gasteiger partial charge in [0.05, 0.1) is 12.6 Å². The Balaban J connectivity index is 2.14. The normalized spacial score (nSPS) is 19.0. The molecule has 21 heavy (non-hydrogen) atoms. The number of nitrogens with zero attached hydrogens (tertiary/aromatic N) is 1. The SMILES string of the molecule is CCCNC1CCCN(c2ccccc2CCOC)C1=O. The highest BCUT2D eigenvalue weighted by Gasteiger charge is 2.29. The first-order valence-corrected chi connectivity index (χ1v) is 7.89. The zero-order chi connectivity index (χ0) is 15.1. The van der Waals surface area contributed by atoms with E-state index in [9.17, 15) is 4.79 Å². The number of benzene rings is 1. The minimum atomic E-state index is -0.0332. The fourth-order valence-corrected chi connectivity index (χ4v) is 2.82. The van der Waals surface area contributed by atoms with Crippen molar-refractivity contribution in [1.82, 2.24) is 5.32 Å². The molecule has 0 aliphatic carbocycles. The monoisotopic (exact) mass is 290 g/mol. The maximum atomic E-state index is 12.7. The van der Waals surface area contributed by atoms with E-state index < -0.39 is 0 Å². The van der Waals surface area contributed by atoms with Crippen LogP contribution < -0.4 is 10.2 Å². The van der Waals surface area contributed by atoms with Crippen molar-refractivity contribution in [2.75, 3.05) is 31.7 Å². The van der Waals surface area contributed by atoms with E-state index in [2.05, 4.69) is 18.3 Å². The molecule has 116 valence electrons. The Hall–Kier alpha value is -1.39. The zero-order valence-corrected chi connectivity index (χ0v) is 13.1. The van der Waals surface area contributed by atoms with Crippen LogP contribution in [0.3, 0.4) is 0 Å². The summed E-state index contributed by atoms with van der Waals surface area (Å²) in [6, 6.07) is 8.13. The summed E-state index contributed by atoms with van der Waals surface area (Å²) in [5.74, 6) is 0.208. The molecule has 1 atom stereocenters. The molecule has 1 aromatic carbocycles. The Morgan fingerprint density at radius 1 is 1.38 bits per heavy atom. The van der Waals surface area contributed by atoms with Crippen LogP contribution in [0.2, 0.25) is 0 Å². The second kappa shape index (κ2) is 8.15. The van der Waals surface area contributed by atoms with Crippen LogP contribution in [-0.2, 0) is 16.0 Å². The van der Waals surface area contributed by atoms with Crippen LogP contribution >= 0.6 is 0 Å². The second-order valence-corrected chi connectivity index (χ2v) is 5.51. The minimum absolute atomic E-state index is 0.0332. The van der Waals surface area contributed by atoms with Crippen LogP contribution in [0, 0.1) is 0 Å². The summed E-state index contributed by atoms with van der Waals surface area (Å²) in [6.07, 6.45) is 3.87. The fraction of sp³-hybridized carbons (Fsp3) is 0.588. The molecule has 0 aromatic heterocycles. The van der Waals surface area contributed by atoms with Crippen molar-refractivity contribution >= 4 is 11.6 Å². The quantitative estimate of drug-likeness (QED) is 0.838. The molecule has 1 saturated heterocycles. The molecule has 0 saturated carbocycles. The molecule has 2 rings (SSSR count). The van der Waals surface area contributed by atoms with E-state index in [1.165, 1.54) is 5.56 Å². The predicted molar refractivity (Wildman–Crippen MR) is 85.7 cm³/mol. The Morgan fingerprint density at radius 3 is 2.95 bits per heavy atom. The number of carbonyl (C=O) groups excluding carboxylic acids is 1. The molecule has 4 nitrogen and oxygen atoms in total. The van der Waals surface area contributed by atoms with Gasteiger partial charge < -0.3 is 15.0 Å². The molecule has 1 unspecified atom stereocenters.